The molecule has 1 saturated heterocycles. The second-order valence-corrected chi connectivity index (χ2v) is 7.92. The van der Waals surface area contributed by atoms with Crippen molar-refractivity contribution in [3.05, 3.63) is 77.4 Å². The largest absolute Gasteiger partial charge is 0.376 e. The summed E-state index contributed by atoms with van der Waals surface area (Å²) in [7, 11) is 0. The molecule has 1 fully saturated rings. The van der Waals surface area contributed by atoms with Gasteiger partial charge < -0.3 is 4.74 Å². The number of fused-ring (bicyclic) bond motifs is 2. The van der Waals surface area contributed by atoms with Crippen LogP contribution in [0.4, 0.5) is 0 Å². The van der Waals surface area contributed by atoms with Crippen molar-refractivity contribution in [1.82, 2.24) is 19.9 Å². The van der Waals surface area contributed by atoms with Gasteiger partial charge >= 0.3 is 0 Å². The fourth-order valence-electron chi connectivity index (χ4n) is 4.49. The van der Waals surface area contributed by atoms with Crippen LogP contribution in [0.2, 0.25) is 0 Å². The van der Waals surface area contributed by atoms with Crippen molar-refractivity contribution in [3.8, 4) is 11.4 Å². The first-order valence-corrected chi connectivity index (χ1v) is 9.86. The van der Waals surface area contributed by atoms with Crippen LogP contribution in [-0.2, 0) is 23.3 Å². The summed E-state index contributed by atoms with van der Waals surface area (Å²) < 4.78 is 6.04. The number of aryl methyl sites for hydroxylation is 1. The van der Waals surface area contributed by atoms with Crippen molar-refractivity contribution in [2.45, 2.75) is 31.9 Å². The third-order valence-electron chi connectivity index (χ3n) is 5.93. The van der Waals surface area contributed by atoms with Crippen LogP contribution in [0.5, 0.6) is 0 Å². The maximum Gasteiger partial charge on any atom is 0.159 e. The zero-order valence-electron chi connectivity index (χ0n) is 16.1. The van der Waals surface area contributed by atoms with Crippen LogP contribution in [0, 0.1) is 6.92 Å². The Morgan fingerprint density at radius 3 is 2.82 bits per heavy atom. The highest BCUT2D eigenvalue weighted by Crippen LogP contribution is 2.40. The number of likely N-dealkylation sites (tertiary alicyclic amines) is 1. The molecule has 4 heterocycles. The molecule has 5 rings (SSSR count). The fraction of sp³-hybridized carbons (Fsp3) is 0.348. The topological polar surface area (TPSA) is 51.1 Å². The fourth-order valence-corrected chi connectivity index (χ4v) is 4.49. The second-order valence-electron chi connectivity index (χ2n) is 7.92. The van der Waals surface area contributed by atoms with Gasteiger partial charge in [0.1, 0.15) is 0 Å². The SMILES string of the molecule is Cc1nc(-c2ccccc2)nc2c1COC[C@@]21CCN(Cc2cccnc2)C1. The molecular weight excluding hydrogens is 348 g/mol. The second kappa shape index (κ2) is 7.08. The van der Waals surface area contributed by atoms with Crippen molar-refractivity contribution in [2.75, 3.05) is 19.7 Å². The molecule has 5 heteroatoms. The lowest BCUT2D eigenvalue weighted by Crippen LogP contribution is -2.41. The summed E-state index contributed by atoms with van der Waals surface area (Å²) in [6, 6.07) is 14.4. The molecule has 0 amide bonds. The smallest absolute Gasteiger partial charge is 0.159 e. The first-order chi connectivity index (χ1) is 13.7. The molecule has 0 aliphatic carbocycles. The zero-order valence-corrected chi connectivity index (χ0v) is 16.1. The van der Waals surface area contributed by atoms with E-state index >= 15 is 0 Å². The lowest BCUT2D eigenvalue weighted by atomic mass is 9.80. The van der Waals surface area contributed by atoms with Gasteiger partial charge in [0.05, 0.1) is 24.3 Å². The molecule has 2 aromatic heterocycles. The van der Waals surface area contributed by atoms with E-state index < -0.39 is 0 Å². The van der Waals surface area contributed by atoms with E-state index in [9.17, 15) is 0 Å². The molecule has 142 valence electrons. The minimum absolute atomic E-state index is 0.0486. The lowest BCUT2D eigenvalue weighted by Gasteiger charge is -2.35. The van der Waals surface area contributed by atoms with Crippen LogP contribution in [0.25, 0.3) is 11.4 Å². The van der Waals surface area contributed by atoms with E-state index in [1.54, 1.807) is 0 Å². The van der Waals surface area contributed by atoms with E-state index in [2.05, 4.69) is 35.0 Å². The molecule has 1 spiro atoms. The molecule has 0 unspecified atom stereocenters. The third kappa shape index (κ3) is 3.11. The van der Waals surface area contributed by atoms with Crippen LogP contribution in [0.3, 0.4) is 0 Å². The average Bonchev–Trinajstić information content (AvgIpc) is 3.13. The number of aromatic nitrogens is 3. The van der Waals surface area contributed by atoms with Gasteiger partial charge in [0.25, 0.3) is 0 Å². The number of nitrogens with zero attached hydrogens (tertiary/aromatic N) is 4. The summed E-state index contributed by atoms with van der Waals surface area (Å²) >= 11 is 0. The average molecular weight is 372 g/mol. The Kier molecular flexibility index (Phi) is 4.41. The summed E-state index contributed by atoms with van der Waals surface area (Å²) in [4.78, 5) is 16.6. The normalized spacial score (nSPS) is 21.8. The molecule has 0 radical (unpaired) electrons. The summed E-state index contributed by atoms with van der Waals surface area (Å²) in [5.41, 5.74) is 5.68. The lowest BCUT2D eigenvalue weighted by molar-refractivity contribution is 0.0498. The molecule has 0 bridgehead atoms. The maximum absolute atomic E-state index is 6.04. The Balaban J connectivity index is 1.49. The van der Waals surface area contributed by atoms with Gasteiger partial charge in [-0.3, -0.25) is 9.88 Å². The molecule has 2 aliphatic heterocycles. The van der Waals surface area contributed by atoms with Gasteiger partial charge in [-0.25, -0.2) is 9.97 Å². The third-order valence-corrected chi connectivity index (χ3v) is 5.93. The molecule has 0 N–H and O–H groups in total. The summed E-state index contributed by atoms with van der Waals surface area (Å²) in [6.07, 6.45) is 4.84. The molecule has 1 aromatic carbocycles. The van der Waals surface area contributed by atoms with Crippen LogP contribution in [-0.4, -0.2) is 39.5 Å². The zero-order chi connectivity index (χ0) is 19.0. The first-order valence-electron chi connectivity index (χ1n) is 9.86. The predicted molar refractivity (Wildman–Crippen MR) is 108 cm³/mol. The summed E-state index contributed by atoms with van der Waals surface area (Å²) in [6.45, 7) is 6.34. The molecule has 2 aliphatic rings. The van der Waals surface area contributed by atoms with Crippen molar-refractivity contribution in [2.24, 2.45) is 0 Å². The summed E-state index contributed by atoms with van der Waals surface area (Å²) in [5, 5.41) is 0. The van der Waals surface area contributed by atoms with E-state index in [4.69, 9.17) is 14.7 Å². The van der Waals surface area contributed by atoms with Crippen LogP contribution < -0.4 is 0 Å². The van der Waals surface area contributed by atoms with E-state index in [0.717, 1.165) is 49.7 Å². The van der Waals surface area contributed by atoms with E-state index in [-0.39, 0.29) is 5.41 Å². The van der Waals surface area contributed by atoms with Gasteiger partial charge in [-0.1, -0.05) is 36.4 Å². The molecule has 1 atom stereocenters. The van der Waals surface area contributed by atoms with E-state index in [0.29, 0.717) is 6.61 Å². The van der Waals surface area contributed by atoms with E-state index in [1.807, 2.05) is 36.7 Å². The Hall–Kier alpha value is -2.63. The van der Waals surface area contributed by atoms with Crippen molar-refractivity contribution < 1.29 is 4.74 Å². The minimum atomic E-state index is -0.0486. The van der Waals surface area contributed by atoms with Gasteiger partial charge in [0.15, 0.2) is 5.82 Å². The van der Waals surface area contributed by atoms with Crippen molar-refractivity contribution in [3.63, 3.8) is 0 Å². The van der Waals surface area contributed by atoms with Gasteiger partial charge in [-0.15, -0.1) is 0 Å². The highest BCUT2D eigenvalue weighted by molar-refractivity contribution is 5.56. The van der Waals surface area contributed by atoms with Gasteiger partial charge in [-0.2, -0.15) is 0 Å². The molecule has 5 nitrogen and oxygen atoms in total. The summed E-state index contributed by atoms with van der Waals surface area (Å²) in [5.74, 6) is 0.823. The highest BCUT2D eigenvalue weighted by Gasteiger charge is 2.45. The predicted octanol–water partition coefficient (Wildman–Crippen LogP) is 3.52. The molecule has 28 heavy (non-hydrogen) atoms. The number of hydrogen-bond donors (Lipinski definition) is 0. The number of ether oxygens (including phenoxy) is 1. The van der Waals surface area contributed by atoms with Crippen LogP contribution >= 0.6 is 0 Å². The van der Waals surface area contributed by atoms with Gasteiger partial charge in [-0.05, 0) is 31.5 Å². The standard InChI is InChI=1S/C23H24N4O/c1-17-20-14-28-16-23(9-11-27(15-23)13-18-6-5-10-24-12-18)21(20)26-22(25-17)19-7-3-2-4-8-19/h2-8,10,12H,9,11,13-16H2,1H3/t23-/m0/s1. The monoisotopic (exact) mass is 372 g/mol. The quantitative estimate of drug-likeness (QED) is 0.704. The number of pyridine rings is 1. The van der Waals surface area contributed by atoms with Crippen molar-refractivity contribution >= 4 is 0 Å². The Morgan fingerprint density at radius 1 is 1.11 bits per heavy atom. The van der Waals surface area contributed by atoms with Crippen molar-refractivity contribution in [1.29, 1.82) is 0 Å². The first kappa shape index (κ1) is 17.5. The van der Waals surface area contributed by atoms with Crippen LogP contribution in [0.1, 0.15) is 28.9 Å². The molecule has 3 aromatic rings. The van der Waals surface area contributed by atoms with E-state index in [1.165, 1.54) is 16.8 Å². The Morgan fingerprint density at radius 2 is 2.00 bits per heavy atom. The van der Waals surface area contributed by atoms with Gasteiger partial charge in [0.2, 0.25) is 0 Å². The highest BCUT2D eigenvalue weighted by atomic mass is 16.5. The van der Waals surface area contributed by atoms with Crippen LogP contribution in [0.15, 0.2) is 54.9 Å². The maximum atomic E-state index is 6.04. The van der Waals surface area contributed by atoms with Gasteiger partial charge in [0, 0.05) is 42.3 Å². The molecular formula is C23H24N4O. The minimum Gasteiger partial charge on any atom is -0.376 e. The Bertz CT molecular complexity index is 977. The number of benzene rings is 1. The molecule has 0 saturated carbocycles. The number of rotatable bonds is 3. The number of hydrogen-bond acceptors (Lipinski definition) is 5. The Labute approximate surface area is 165 Å².